The van der Waals surface area contributed by atoms with Gasteiger partial charge in [0.05, 0.1) is 6.10 Å². The third kappa shape index (κ3) is 5.35. The standard InChI is InChI=1S/C23H28N2O3/c1-17(2)28-21-12-8-9-18(16-21)22(26)24-20-11-7-10-19(15-20)23(27)25-13-5-3-4-6-14-25/h7-12,15-17H,3-6,13-14H2,1-2H3,(H,24,26). The Labute approximate surface area is 166 Å². The van der Waals surface area contributed by atoms with Gasteiger partial charge in [-0.05, 0) is 63.1 Å². The molecule has 1 aliphatic rings. The van der Waals surface area contributed by atoms with Gasteiger partial charge in [0, 0.05) is 29.9 Å². The Morgan fingerprint density at radius 1 is 0.929 bits per heavy atom. The maximum absolute atomic E-state index is 12.8. The van der Waals surface area contributed by atoms with Crippen LogP contribution >= 0.6 is 0 Å². The van der Waals surface area contributed by atoms with E-state index in [4.69, 9.17) is 4.74 Å². The average Bonchev–Trinajstić information content (AvgIpc) is 2.97. The summed E-state index contributed by atoms with van der Waals surface area (Å²) in [6.45, 7) is 5.50. The average molecular weight is 380 g/mol. The van der Waals surface area contributed by atoms with Crippen molar-refractivity contribution in [2.45, 2.75) is 45.6 Å². The summed E-state index contributed by atoms with van der Waals surface area (Å²) < 4.78 is 5.65. The van der Waals surface area contributed by atoms with Crippen LogP contribution in [0, 0.1) is 0 Å². The van der Waals surface area contributed by atoms with E-state index >= 15 is 0 Å². The monoisotopic (exact) mass is 380 g/mol. The van der Waals surface area contributed by atoms with E-state index in [0.29, 0.717) is 22.6 Å². The number of anilines is 1. The summed E-state index contributed by atoms with van der Waals surface area (Å²) >= 11 is 0. The molecule has 5 nitrogen and oxygen atoms in total. The second-order valence-electron chi connectivity index (χ2n) is 7.44. The van der Waals surface area contributed by atoms with Gasteiger partial charge in [-0.3, -0.25) is 9.59 Å². The van der Waals surface area contributed by atoms with E-state index in [2.05, 4.69) is 5.32 Å². The van der Waals surface area contributed by atoms with Crippen molar-refractivity contribution in [1.29, 1.82) is 0 Å². The molecule has 1 fully saturated rings. The van der Waals surface area contributed by atoms with E-state index in [1.807, 2.05) is 24.8 Å². The molecule has 2 amide bonds. The number of nitrogens with one attached hydrogen (secondary N) is 1. The van der Waals surface area contributed by atoms with Gasteiger partial charge in [-0.15, -0.1) is 0 Å². The van der Waals surface area contributed by atoms with Crippen LogP contribution in [0.1, 0.15) is 60.2 Å². The third-order valence-electron chi connectivity index (χ3n) is 4.73. The molecule has 0 atom stereocenters. The molecule has 2 aromatic carbocycles. The van der Waals surface area contributed by atoms with Gasteiger partial charge in [0.2, 0.25) is 0 Å². The number of carbonyl (C=O) groups is 2. The SMILES string of the molecule is CC(C)Oc1cccc(C(=O)Nc2cccc(C(=O)N3CCCCCC3)c2)c1. The fourth-order valence-electron chi connectivity index (χ4n) is 3.37. The summed E-state index contributed by atoms with van der Waals surface area (Å²) in [5.74, 6) is 0.464. The molecule has 0 unspecified atom stereocenters. The van der Waals surface area contributed by atoms with Crippen LogP contribution in [0.2, 0.25) is 0 Å². The quantitative estimate of drug-likeness (QED) is 0.815. The second-order valence-corrected chi connectivity index (χ2v) is 7.44. The maximum Gasteiger partial charge on any atom is 0.255 e. The largest absolute Gasteiger partial charge is 0.491 e. The van der Waals surface area contributed by atoms with E-state index < -0.39 is 0 Å². The van der Waals surface area contributed by atoms with Gasteiger partial charge in [0.15, 0.2) is 0 Å². The van der Waals surface area contributed by atoms with Crippen molar-refractivity contribution in [2.75, 3.05) is 18.4 Å². The minimum atomic E-state index is -0.228. The summed E-state index contributed by atoms with van der Waals surface area (Å²) in [6, 6.07) is 14.3. The fourth-order valence-corrected chi connectivity index (χ4v) is 3.37. The Kier molecular flexibility index (Phi) is 6.69. The Balaban J connectivity index is 1.70. The van der Waals surface area contributed by atoms with Crippen molar-refractivity contribution < 1.29 is 14.3 Å². The fraction of sp³-hybridized carbons (Fsp3) is 0.391. The zero-order valence-electron chi connectivity index (χ0n) is 16.6. The normalized spacial score (nSPS) is 14.5. The van der Waals surface area contributed by atoms with E-state index in [9.17, 15) is 9.59 Å². The summed E-state index contributed by atoms with van der Waals surface area (Å²) in [5.41, 5.74) is 1.74. The zero-order valence-corrected chi connectivity index (χ0v) is 16.6. The van der Waals surface area contributed by atoms with E-state index in [1.165, 1.54) is 12.8 Å². The maximum atomic E-state index is 12.8. The highest BCUT2D eigenvalue weighted by Gasteiger charge is 2.18. The van der Waals surface area contributed by atoms with Crippen molar-refractivity contribution in [3.63, 3.8) is 0 Å². The number of carbonyl (C=O) groups excluding carboxylic acids is 2. The molecule has 5 heteroatoms. The lowest BCUT2D eigenvalue weighted by Gasteiger charge is -2.20. The molecule has 1 aliphatic heterocycles. The highest BCUT2D eigenvalue weighted by Crippen LogP contribution is 2.19. The van der Waals surface area contributed by atoms with Crippen molar-refractivity contribution in [2.24, 2.45) is 0 Å². The predicted octanol–water partition coefficient (Wildman–Crippen LogP) is 4.74. The lowest BCUT2D eigenvalue weighted by molar-refractivity contribution is 0.0761. The number of hydrogen-bond acceptors (Lipinski definition) is 3. The van der Waals surface area contributed by atoms with Crippen LogP contribution in [0.5, 0.6) is 5.75 Å². The molecule has 2 aromatic rings. The molecule has 28 heavy (non-hydrogen) atoms. The molecule has 3 rings (SSSR count). The van der Waals surface area contributed by atoms with Crippen LogP contribution in [0.4, 0.5) is 5.69 Å². The second kappa shape index (κ2) is 9.40. The highest BCUT2D eigenvalue weighted by molar-refractivity contribution is 6.05. The van der Waals surface area contributed by atoms with Crippen molar-refractivity contribution in [3.05, 3.63) is 59.7 Å². The molecule has 148 valence electrons. The number of benzene rings is 2. The number of rotatable bonds is 5. The molecule has 0 bridgehead atoms. The molecule has 1 heterocycles. The van der Waals surface area contributed by atoms with Gasteiger partial charge in [-0.25, -0.2) is 0 Å². The number of likely N-dealkylation sites (tertiary alicyclic amines) is 1. The first-order chi connectivity index (χ1) is 13.5. The van der Waals surface area contributed by atoms with Crippen molar-refractivity contribution in [1.82, 2.24) is 4.90 Å². The minimum Gasteiger partial charge on any atom is -0.491 e. The molecule has 0 aliphatic carbocycles. The van der Waals surface area contributed by atoms with Gasteiger partial charge >= 0.3 is 0 Å². The third-order valence-corrected chi connectivity index (χ3v) is 4.73. The molecule has 1 saturated heterocycles. The molecular weight excluding hydrogens is 352 g/mol. The summed E-state index contributed by atoms with van der Waals surface area (Å²) in [4.78, 5) is 27.3. The summed E-state index contributed by atoms with van der Waals surface area (Å²) in [6.07, 6.45) is 4.51. The lowest BCUT2D eigenvalue weighted by Crippen LogP contribution is -2.31. The van der Waals surface area contributed by atoms with Gasteiger partial charge in [0.1, 0.15) is 5.75 Å². The Morgan fingerprint density at radius 2 is 1.61 bits per heavy atom. The highest BCUT2D eigenvalue weighted by atomic mass is 16.5. The molecule has 1 N–H and O–H groups in total. The smallest absolute Gasteiger partial charge is 0.255 e. The Hall–Kier alpha value is -2.82. The summed E-state index contributed by atoms with van der Waals surface area (Å²) in [5, 5.41) is 2.88. The van der Waals surface area contributed by atoms with Crippen LogP contribution in [-0.2, 0) is 0 Å². The minimum absolute atomic E-state index is 0.0327. The first-order valence-corrected chi connectivity index (χ1v) is 10.0. The van der Waals surface area contributed by atoms with Crippen LogP contribution in [0.15, 0.2) is 48.5 Å². The lowest BCUT2D eigenvalue weighted by atomic mass is 10.1. The van der Waals surface area contributed by atoms with Crippen LogP contribution in [0.25, 0.3) is 0 Å². The summed E-state index contributed by atoms with van der Waals surface area (Å²) in [7, 11) is 0. The van der Waals surface area contributed by atoms with Gasteiger partial charge in [-0.2, -0.15) is 0 Å². The zero-order chi connectivity index (χ0) is 19.9. The van der Waals surface area contributed by atoms with E-state index in [0.717, 1.165) is 25.9 Å². The van der Waals surface area contributed by atoms with E-state index in [-0.39, 0.29) is 17.9 Å². The molecule has 0 aromatic heterocycles. The first-order valence-electron chi connectivity index (χ1n) is 10.0. The molecule has 0 radical (unpaired) electrons. The Bertz CT molecular complexity index is 824. The number of hydrogen-bond donors (Lipinski definition) is 1. The van der Waals surface area contributed by atoms with Crippen molar-refractivity contribution in [3.8, 4) is 5.75 Å². The number of nitrogens with zero attached hydrogens (tertiary/aromatic N) is 1. The molecular formula is C23H28N2O3. The molecule has 0 saturated carbocycles. The topological polar surface area (TPSA) is 58.6 Å². The number of ether oxygens (including phenoxy) is 1. The molecule has 0 spiro atoms. The van der Waals surface area contributed by atoms with Gasteiger partial charge in [-0.1, -0.05) is 25.0 Å². The van der Waals surface area contributed by atoms with E-state index in [1.54, 1.807) is 42.5 Å². The van der Waals surface area contributed by atoms with Crippen LogP contribution < -0.4 is 10.1 Å². The van der Waals surface area contributed by atoms with Gasteiger partial charge < -0.3 is 15.0 Å². The first kappa shape index (κ1) is 19.9. The van der Waals surface area contributed by atoms with Gasteiger partial charge in [0.25, 0.3) is 11.8 Å². The predicted molar refractivity (Wildman–Crippen MR) is 111 cm³/mol. The van der Waals surface area contributed by atoms with Crippen LogP contribution in [-0.4, -0.2) is 35.9 Å². The Morgan fingerprint density at radius 3 is 2.32 bits per heavy atom. The number of amides is 2. The van der Waals surface area contributed by atoms with Crippen molar-refractivity contribution >= 4 is 17.5 Å². The van der Waals surface area contributed by atoms with Crippen LogP contribution in [0.3, 0.4) is 0 Å².